The molecule has 0 N–H and O–H groups in total. The van der Waals surface area contributed by atoms with Crippen LogP contribution in [0.4, 0.5) is 0 Å². The van der Waals surface area contributed by atoms with Gasteiger partial charge in [0, 0.05) is 5.41 Å². The summed E-state index contributed by atoms with van der Waals surface area (Å²) in [5.41, 5.74) is 12.9. The largest absolute Gasteiger partial charge is 0.0622 e. The minimum absolute atomic E-state index is 0.197. The number of benzene rings is 9. The maximum absolute atomic E-state index is 2.49. The quantitative estimate of drug-likeness (QED) is 0.132. The van der Waals surface area contributed by atoms with Crippen molar-refractivity contribution in [2.24, 2.45) is 0 Å². The molecule has 0 atom stereocenters. The van der Waals surface area contributed by atoms with Crippen molar-refractivity contribution in [3.05, 3.63) is 204 Å². The van der Waals surface area contributed by atoms with E-state index in [2.05, 4.69) is 196 Å². The first-order valence-corrected chi connectivity index (χ1v) is 17.9. The molecule has 240 valence electrons. The second-order valence-electron chi connectivity index (χ2n) is 14.4. The highest BCUT2D eigenvalue weighted by Gasteiger charge is 2.39. The summed E-state index contributed by atoms with van der Waals surface area (Å²) in [5, 5.41) is 10.2. The Morgan fingerprint density at radius 3 is 1.39 bits per heavy atom. The lowest BCUT2D eigenvalue weighted by molar-refractivity contribution is 0.704. The monoisotopic (exact) mass is 648 g/mol. The zero-order valence-corrected chi connectivity index (χ0v) is 28.8. The van der Waals surface area contributed by atoms with Gasteiger partial charge in [-0.15, -0.1) is 0 Å². The maximum Gasteiger partial charge on any atom is 0.0165 e. The van der Waals surface area contributed by atoms with Gasteiger partial charge in [-0.25, -0.2) is 0 Å². The van der Waals surface area contributed by atoms with Gasteiger partial charge < -0.3 is 0 Å². The molecule has 0 unspecified atom stereocenters. The summed E-state index contributed by atoms with van der Waals surface area (Å²) in [4.78, 5) is 0. The van der Waals surface area contributed by atoms with E-state index in [1.165, 1.54) is 98.7 Å². The van der Waals surface area contributed by atoms with Crippen LogP contribution in [-0.4, -0.2) is 0 Å². The van der Waals surface area contributed by atoms with Crippen molar-refractivity contribution in [2.75, 3.05) is 0 Å². The van der Waals surface area contributed by atoms with E-state index < -0.39 is 0 Å². The Bertz CT molecular complexity index is 2800. The van der Waals surface area contributed by atoms with Gasteiger partial charge in [-0.05, 0) is 111 Å². The molecule has 0 saturated heterocycles. The first kappa shape index (κ1) is 29.7. The first-order chi connectivity index (χ1) is 25.1. The highest BCUT2D eigenvalue weighted by atomic mass is 14.4. The summed E-state index contributed by atoms with van der Waals surface area (Å²) in [5.74, 6) is 0. The number of hydrogen-bond acceptors (Lipinski definition) is 0. The molecule has 0 bridgehead atoms. The fourth-order valence-corrected chi connectivity index (χ4v) is 8.94. The fraction of sp³-hybridized carbons (Fsp3) is 0.0588. The Balaban J connectivity index is 1.22. The smallest absolute Gasteiger partial charge is 0.0165 e. The fourth-order valence-electron chi connectivity index (χ4n) is 8.94. The van der Waals surface area contributed by atoms with Crippen LogP contribution in [0.1, 0.15) is 36.1 Å². The lowest BCUT2D eigenvalue weighted by Gasteiger charge is -2.26. The molecule has 0 saturated carbocycles. The predicted octanol–water partition coefficient (Wildman–Crippen LogP) is 13.9. The van der Waals surface area contributed by atoms with E-state index in [0.717, 1.165) is 0 Å². The predicted molar refractivity (Wildman–Crippen MR) is 219 cm³/mol. The molecule has 0 heterocycles. The summed E-state index contributed by atoms with van der Waals surface area (Å²) in [6, 6.07) is 67.4. The number of hydrogen-bond donors (Lipinski definition) is 0. The minimum atomic E-state index is -0.197. The number of fused-ring (bicyclic) bond motifs is 6. The zero-order valence-electron chi connectivity index (χ0n) is 28.8. The van der Waals surface area contributed by atoms with E-state index >= 15 is 0 Å². The molecule has 0 nitrogen and oxygen atoms in total. The Hall–Kier alpha value is -6.24. The molecule has 0 heteroatoms. The van der Waals surface area contributed by atoms with Crippen LogP contribution in [0.5, 0.6) is 0 Å². The van der Waals surface area contributed by atoms with Gasteiger partial charge in [0.2, 0.25) is 0 Å². The van der Waals surface area contributed by atoms with E-state index in [4.69, 9.17) is 0 Å². The summed E-state index contributed by atoms with van der Waals surface area (Å²) < 4.78 is 0. The molecule has 0 spiro atoms. The van der Waals surface area contributed by atoms with Crippen LogP contribution in [0.15, 0.2) is 182 Å². The van der Waals surface area contributed by atoms with Gasteiger partial charge in [0.05, 0.1) is 0 Å². The molecule has 51 heavy (non-hydrogen) atoms. The van der Waals surface area contributed by atoms with Crippen molar-refractivity contribution >= 4 is 54.2 Å². The second kappa shape index (κ2) is 11.4. The normalized spacial score (nSPS) is 13.8. The van der Waals surface area contributed by atoms with Crippen LogP contribution < -0.4 is 0 Å². The molecule has 1 aliphatic rings. The van der Waals surface area contributed by atoms with Crippen LogP contribution in [-0.2, 0) is 5.41 Å². The van der Waals surface area contributed by atoms with Gasteiger partial charge in [-0.3, -0.25) is 0 Å². The van der Waals surface area contributed by atoms with E-state index in [0.29, 0.717) is 0 Å². The second-order valence-corrected chi connectivity index (χ2v) is 14.4. The molecule has 0 amide bonds. The molecule has 10 rings (SSSR count). The summed E-state index contributed by atoms with van der Waals surface area (Å²) in [7, 11) is 0. The van der Waals surface area contributed by atoms with Crippen molar-refractivity contribution in [1.82, 2.24) is 0 Å². The minimum Gasteiger partial charge on any atom is -0.0622 e. The molecular formula is C51H36. The van der Waals surface area contributed by atoms with Gasteiger partial charge in [0.25, 0.3) is 0 Å². The van der Waals surface area contributed by atoms with Crippen molar-refractivity contribution < 1.29 is 0 Å². The van der Waals surface area contributed by atoms with Crippen LogP contribution in [0.25, 0.3) is 76.5 Å². The van der Waals surface area contributed by atoms with Gasteiger partial charge in [-0.2, -0.15) is 0 Å². The van der Waals surface area contributed by atoms with Crippen LogP contribution in [0, 0.1) is 0 Å². The maximum atomic E-state index is 2.49. The summed E-state index contributed by atoms with van der Waals surface area (Å²) >= 11 is 0. The molecule has 0 radical (unpaired) electrons. The van der Waals surface area contributed by atoms with E-state index in [-0.39, 0.29) is 5.41 Å². The van der Waals surface area contributed by atoms with E-state index in [1.807, 2.05) is 0 Å². The highest BCUT2D eigenvalue weighted by Crippen LogP contribution is 2.54. The Morgan fingerprint density at radius 2 is 0.784 bits per heavy atom. The number of rotatable bonds is 4. The third kappa shape index (κ3) is 4.53. The standard InChI is InChI=1S/C51H36/c1-51(2)46-32-38(29-30-44(46)49(35-16-5-3-6-17-35)50(51)36-18-7-4-8-19-36)48-42-23-13-11-21-40(42)47(41-22-12-14-24-43(41)48)37-28-27-34-26-25-33-15-9-10-20-39(33)45(34)31-37/h3-32H,1-2H3. The van der Waals surface area contributed by atoms with Crippen LogP contribution in [0.2, 0.25) is 0 Å². The topological polar surface area (TPSA) is 0 Å². The first-order valence-electron chi connectivity index (χ1n) is 17.9. The highest BCUT2D eigenvalue weighted by molar-refractivity contribution is 6.22. The molecule has 0 aromatic heterocycles. The van der Waals surface area contributed by atoms with Gasteiger partial charge in [-0.1, -0.05) is 184 Å². The lowest BCUT2D eigenvalue weighted by Crippen LogP contribution is -2.16. The number of allylic oxidation sites excluding steroid dienone is 1. The molecule has 1 aliphatic carbocycles. The zero-order chi connectivity index (χ0) is 34.1. The Labute approximate surface area is 299 Å². The Kier molecular flexibility index (Phi) is 6.63. The summed E-state index contributed by atoms with van der Waals surface area (Å²) in [6.07, 6.45) is 0. The molecule has 9 aromatic carbocycles. The van der Waals surface area contributed by atoms with E-state index in [9.17, 15) is 0 Å². The lowest BCUT2D eigenvalue weighted by atomic mass is 9.77. The van der Waals surface area contributed by atoms with Crippen molar-refractivity contribution in [3.8, 4) is 22.3 Å². The third-order valence-electron chi connectivity index (χ3n) is 11.2. The van der Waals surface area contributed by atoms with Gasteiger partial charge in [0.15, 0.2) is 0 Å². The van der Waals surface area contributed by atoms with Gasteiger partial charge in [0.1, 0.15) is 0 Å². The van der Waals surface area contributed by atoms with Gasteiger partial charge >= 0.3 is 0 Å². The van der Waals surface area contributed by atoms with Crippen molar-refractivity contribution in [2.45, 2.75) is 19.3 Å². The van der Waals surface area contributed by atoms with Crippen molar-refractivity contribution in [1.29, 1.82) is 0 Å². The van der Waals surface area contributed by atoms with E-state index in [1.54, 1.807) is 0 Å². The molecular weight excluding hydrogens is 613 g/mol. The molecule has 9 aromatic rings. The third-order valence-corrected chi connectivity index (χ3v) is 11.2. The average Bonchev–Trinajstić information content (AvgIpc) is 3.43. The summed E-state index contributed by atoms with van der Waals surface area (Å²) in [6.45, 7) is 4.80. The van der Waals surface area contributed by atoms with Crippen LogP contribution >= 0.6 is 0 Å². The van der Waals surface area contributed by atoms with Crippen molar-refractivity contribution in [3.63, 3.8) is 0 Å². The van der Waals surface area contributed by atoms with Crippen LogP contribution in [0.3, 0.4) is 0 Å². The Morgan fingerprint density at radius 1 is 0.333 bits per heavy atom. The average molecular weight is 649 g/mol. The SMILES string of the molecule is CC1(C)C(c2ccccc2)=C(c2ccccc2)c2ccc(-c3c4ccccc4c(-c4ccc5ccc6ccccc6c5c4)c4ccccc34)cc21. The molecule has 0 fully saturated rings. The molecule has 0 aliphatic heterocycles.